The van der Waals surface area contributed by atoms with Gasteiger partial charge in [0, 0.05) is 6.54 Å². The van der Waals surface area contributed by atoms with Crippen molar-refractivity contribution in [3.8, 4) is 5.75 Å². The minimum Gasteiger partial charge on any atom is -0.484 e. The number of rotatable bonds is 5. The molecule has 1 heterocycles. The quantitative estimate of drug-likeness (QED) is 0.709. The first kappa shape index (κ1) is 9.95. The Morgan fingerprint density at radius 1 is 1.62 bits per heavy atom. The summed E-state index contributed by atoms with van der Waals surface area (Å²) in [6, 6.07) is 0. The second-order valence-electron chi connectivity index (χ2n) is 2.64. The highest BCUT2D eigenvalue weighted by molar-refractivity contribution is 5.11. The number of aryl methyl sites for hydroxylation is 1. The number of ether oxygens (including phenoxy) is 1. The van der Waals surface area contributed by atoms with Crippen LogP contribution in [0.15, 0.2) is 12.4 Å². The molecule has 0 saturated carbocycles. The van der Waals surface area contributed by atoms with Gasteiger partial charge in [0.2, 0.25) is 0 Å². The first-order chi connectivity index (χ1) is 6.22. The van der Waals surface area contributed by atoms with Crippen molar-refractivity contribution in [1.82, 2.24) is 9.78 Å². The molecule has 0 spiro atoms. The van der Waals surface area contributed by atoms with Crippen LogP contribution in [0, 0.1) is 0 Å². The standard InChI is InChI=1S/C8H12F2N2O/c1-2-3-12-5-7(4-11-12)13-6-8(9)10/h4-5,8H,2-3,6H2,1H3. The van der Waals surface area contributed by atoms with Crippen LogP contribution < -0.4 is 4.74 Å². The van der Waals surface area contributed by atoms with Gasteiger partial charge in [0.05, 0.1) is 12.4 Å². The predicted molar refractivity (Wildman–Crippen MR) is 44.0 cm³/mol. The highest BCUT2D eigenvalue weighted by atomic mass is 19.3. The summed E-state index contributed by atoms with van der Waals surface area (Å²) >= 11 is 0. The molecular formula is C8H12F2N2O. The Labute approximate surface area is 75.3 Å². The van der Waals surface area contributed by atoms with Crippen LogP contribution in [0.2, 0.25) is 0 Å². The molecule has 74 valence electrons. The molecule has 0 aromatic carbocycles. The van der Waals surface area contributed by atoms with Crippen LogP contribution in [0.25, 0.3) is 0 Å². The zero-order valence-corrected chi connectivity index (χ0v) is 7.41. The highest BCUT2D eigenvalue weighted by Crippen LogP contribution is 2.09. The summed E-state index contributed by atoms with van der Waals surface area (Å²) in [5, 5.41) is 3.93. The van der Waals surface area contributed by atoms with Gasteiger partial charge in [-0.05, 0) is 6.42 Å². The average molecular weight is 190 g/mol. The summed E-state index contributed by atoms with van der Waals surface area (Å²) in [7, 11) is 0. The van der Waals surface area contributed by atoms with Gasteiger partial charge in [-0.25, -0.2) is 8.78 Å². The fourth-order valence-corrected chi connectivity index (χ4v) is 0.930. The summed E-state index contributed by atoms with van der Waals surface area (Å²) in [6.45, 7) is 2.22. The van der Waals surface area contributed by atoms with E-state index < -0.39 is 13.0 Å². The lowest BCUT2D eigenvalue weighted by Crippen LogP contribution is -2.06. The van der Waals surface area contributed by atoms with Gasteiger partial charge in [-0.15, -0.1) is 0 Å². The van der Waals surface area contributed by atoms with E-state index in [0.29, 0.717) is 5.75 Å². The van der Waals surface area contributed by atoms with E-state index in [1.807, 2.05) is 6.92 Å². The van der Waals surface area contributed by atoms with Crippen LogP contribution in [0.3, 0.4) is 0 Å². The Balaban J connectivity index is 2.39. The van der Waals surface area contributed by atoms with Gasteiger partial charge in [-0.2, -0.15) is 5.10 Å². The normalized spacial score (nSPS) is 10.8. The smallest absolute Gasteiger partial charge is 0.272 e. The number of halogens is 2. The van der Waals surface area contributed by atoms with Crippen LogP contribution >= 0.6 is 0 Å². The van der Waals surface area contributed by atoms with Crippen molar-refractivity contribution in [2.75, 3.05) is 6.61 Å². The summed E-state index contributed by atoms with van der Waals surface area (Å²) in [4.78, 5) is 0. The molecule has 0 atom stereocenters. The molecular weight excluding hydrogens is 178 g/mol. The molecule has 0 bridgehead atoms. The Morgan fingerprint density at radius 3 is 3.00 bits per heavy atom. The van der Waals surface area contributed by atoms with Crippen LogP contribution in [0.1, 0.15) is 13.3 Å². The third kappa shape index (κ3) is 3.40. The van der Waals surface area contributed by atoms with Gasteiger partial charge in [-0.3, -0.25) is 4.68 Å². The summed E-state index contributed by atoms with van der Waals surface area (Å²) in [5.74, 6) is 0.397. The molecule has 0 aliphatic rings. The molecule has 1 aromatic heterocycles. The topological polar surface area (TPSA) is 27.1 Å². The molecule has 1 aromatic rings. The van der Waals surface area contributed by atoms with Gasteiger partial charge < -0.3 is 4.74 Å². The van der Waals surface area contributed by atoms with Crippen molar-refractivity contribution < 1.29 is 13.5 Å². The molecule has 0 fully saturated rings. The van der Waals surface area contributed by atoms with E-state index >= 15 is 0 Å². The summed E-state index contributed by atoms with van der Waals surface area (Å²) < 4.78 is 29.9. The second kappa shape index (κ2) is 4.79. The minimum absolute atomic E-state index is 0.397. The SMILES string of the molecule is CCCn1cc(OCC(F)F)cn1. The second-order valence-corrected chi connectivity index (χ2v) is 2.64. The molecule has 0 unspecified atom stereocenters. The lowest BCUT2D eigenvalue weighted by atomic mass is 10.5. The first-order valence-electron chi connectivity index (χ1n) is 4.15. The van der Waals surface area contributed by atoms with Crippen molar-refractivity contribution in [2.24, 2.45) is 0 Å². The summed E-state index contributed by atoms with van der Waals surface area (Å²) in [5.41, 5.74) is 0. The van der Waals surface area contributed by atoms with Crippen molar-refractivity contribution in [3.05, 3.63) is 12.4 Å². The van der Waals surface area contributed by atoms with E-state index in [0.717, 1.165) is 13.0 Å². The van der Waals surface area contributed by atoms with Crippen molar-refractivity contribution in [1.29, 1.82) is 0 Å². The van der Waals surface area contributed by atoms with Gasteiger partial charge in [0.15, 0.2) is 5.75 Å². The van der Waals surface area contributed by atoms with E-state index in [4.69, 9.17) is 4.74 Å². The number of hydrogen-bond acceptors (Lipinski definition) is 2. The molecule has 0 radical (unpaired) electrons. The van der Waals surface area contributed by atoms with E-state index in [2.05, 4.69) is 5.10 Å². The van der Waals surface area contributed by atoms with Crippen molar-refractivity contribution in [2.45, 2.75) is 26.3 Å². The number of alkyl halides is 2. The first-order valence-corrected chi connectivity index (χ1v) is 4.15. The Morgan fingerprint density at radius 2 is 2.38 bits per heavy atom. The van der Waals surface area contributed by atoms with Crippen molar-refractivity contribution >= 4 is 0 Å². The van der Waals surface area contributed by atoms with Crippen molar-refractivity contribution in [3.63, 3.8) is 0 Å². The lowest BCUT2D eigenvalue weighted by molar-refractivity contribution is 0.0818. The van der Waals surface area contributed by atoms with E-state index in [1.165, 1.54) is 6.20 Å². The zero-order chi connectivity index (χ0) is 9.68. The molecule has 0 saturated heterocycles. The average Bonchev–Trinajstić information content (AvgIpc) is 2.50. The Kier molecular flexibility index (Phi) is 3.67. The van der Waals surface area contributed by atoms with Gasteiger partial charge >= 0.3 is 0 Å². The largest absolute Gasteiger partial charge is 0.484 e. The monoisotopic (exact) mass is 190 g/mol. The maximum Gasteiger partial charge on any atom is 0.272 e. The van der Waals surface area contributed by atoms with Gasteiger partial charge in [0.25, 0.3) is 6.43 Å². The van der Waals surface area contributed by atoms with Crippen LogP contribution in [0.5, 0.6) is 5.75 Å². The molecule has 0 N–H and O–H groups in total. The third-order valence-corrected chi connectivity index (χ3v) is 1.44. The van der Waals surface area contributed by atoms with Gasteiger partial charge in [0.1, 0.15) is 6.61 Å². The zero-order valence-electron chi connectivity index (χ0n) is 7.41. The minimum atomic E-state index is -2.44. The number of aromatic nitrogens is 2. The number of nitrogens with zero attached hydrogens (tertiary/aromatic N) is 2. The Bertz CT molecular complexity index is 250. The van der Waals surface area contributed by atoms with Crippen LogP contribution in [0.4, 0.5) is 8.78 Å². The fourth-order valence-electron chi connectivity index (χ4n) is 0.930. The highest BCUT2D eigenvalue weighted by Gasteiger charge is 2.04. The van der Waals surface area contributed by atoms with Crippen LogP contribution in [-0.2, 0) is 6.54 Å². The summed E-state index contributed by atoms with van der Waals surface area (Å²) in [6.07, 6.45) is 1.58. The lowest BCUT2D eigenvalue weighted by Gasteiger charge is -2.00. The predicted octanol–water partition coefficient (Wildman–Crippen LogP) is 1.94. The molecule has 0 amide bonds. The molecule has 3 nitrogen and oxygen atoms in total. The maximum absolute atomic E-state index is 11.7. The van der Waals surface area contributed by atoms with E-state index in [-0.39, 0.29) is 0 Å². The maximum atomic E-state index is 11.7. The van der Waals surface area contributed by atoms with Gasteiger partial charge in [-0.1, -0.05) is 6.92 Å². The fraction of sp³-hybridized carbons (Fsp3) is 0.625. The van der Waals surface area contributed by atoms with Crippen LogP contribution in [-0.4, -0.2) is 22.8 Å². The molecule has 13 heavy (non-hydrogen) atoms. The molecule has 1 rings (SSSR count). The number of hydrogen-bond donors (Lipinski definition) is 0. The molecule has 0 aliphatic heterocycles. The Hall–Kier alpha value is -1.13. The van der Waals surface area contributed by atoms with E-state index in [9.17, 15) is 8.78 Å². The molecule has 5 heteroatoms. The molecule has 0 aliphatic carbocycles. The third-order valence-electron chi connectivity index (χ3n) is 1.44. The van der Waals surface area contributed by atoms with E-state index in [1.54, 1.807) is 10.9 Å².